The fourth-order valence-electron chi connectivity index (χ4n) is 1.65. The Balaban J connectivity index is 2.20. The highest BCUT2D eigenvalue weighted by molar-refractivity contribution is 7.99. The summed E-state index contributed by atoms with van der Waals surface area (Å²) in [5, 5.41) is 4.02. The first-order valence-corrected chi connectivity index (χ1v) is 7.10. The maximum absolute atomic E-state index is 6.33. The Bertz CT molecular complexity index is 513. The van der Waals surface area contributed by atoms with Crippen molar-refractivity contribution in [2.75, 3.05) is 7.05 Å². The quantitative estimate of drug-likeness (QED) is 0.864. The van der Waals surface area contributed by atoms with Crippen LogP contribution in [0, 0.1) is 0 Å². The van der Waals surface area contributed by atoms with E-state index in [0.717, 1.165) is 9.92 Å². The van der Waals surface area contributed by atoms with Gasteiger partial charge in [0, 0.05) is 15.8 Å². The van der Waals surface area contributed by atoms with Gasteiger partial charge in [0.05, 0.1) is 5.02 Å². The number of benzene rings is 2. The minimum Gasteiger partial charge on any atom is -0.313 e. The lowest BCUT2D eigenvalue weighted by atomic mass is 10.1. The van der Waals surface area contributed by atoms with E-state index in [1.165, 1.54) is 10.5 Å². The summed E-state index contributed by atoms with van der Waals surface area (Å²) >= 11 is 8.02. The molecule has 0 aliphatic heterocycles. The fraction of sp³-hybridized carbons (Fsp3) is 0.200. The molecule has 0 radical (unpaired) electrons. The number of halogens is 1. The van der Waals surface area contributed by atoms with Gasteiger partial charge in [-0.2, -0.15) is 0 Å². The van der Waals surface area contributed by atoms with Gasteiger partial charge in [-0.3, -0.25) is 0 Å². The van der Waals surface area contributed by atoms with E-state index in [4.69, 9.17) is 11.6 Å². The van der Waals surface area contributed by atoms with Crippen molar-refractivity contribution in [3.63, 3.8) is 0 Å². The molecule has 0 aliphatic carbocycles. The van der Waals surface area contributed by atoms with Gasteiger partial charge >= 0.3 is 0 Å². The number of nitrogens with one attached hydrogen (secondary N) is 1. The number of rotatable bonds is 4. The van der Waals surface area contributed by atoms with Crippen LogP contribution in [-0.2, 0) is 0 Å². The van der Waals surface area contributed by atoms with Crippen LogP contribution in [0.15, 0.2) is 58.3 Å². The van der Waals surface area contributed by atoms with Gasteiger partial charge in [0.1, 0.15) is 0 Å². The van der Waals surface area contributed by atoms with Crippen LogP contribution < -0.4 is 5.32 Å². The number of hydrogen-bond donors (Lipinski definition) is 1. The molecule has 1 atom stereocenters. The third kappa shape index (κ3) is 3.29. The van der Waals surface area contributed by atoms with Crippen LogP contribution in [0.25, 0.3) is 0 Å². The van der Waals surface area contributed by atoms with Crippen LogP contribution in [0.3, 0.4) is 0 Å². The van der Waals surface area contributed by atoms with Gasteiger partial charge in [0.15, 0.2) is 0 Å². The summed E-state index contributed by atoms with van der Waals surface area (Å²) in [6.07, 6.45) is 0. The topological polar surface area (TPSA) is 12.0 Å². The molecule has 2 aromatic rings. The Morgan fingerprint density at radius 2 is 1.83 bits per heavy atom. The molecule has 0 aliphatic rings. The van der Waals surface area contributed by atoms with Crippen molar-refractivity contribution < 1.29 is 0 Å². The summed E-state index contributed by atoms with van der Waals surface area (Å²) in [5.74, 6) is 0. The van der Waals surface area contributed by atoms with E-state index in [0.29, 0.717) is 6.04 Å². The zero-order chi connectivity index (χ0) is 13.0. The smallest absolute Gasteiger partial charge is 0.0548 e. The van der Waals surface area contributed by atoms with Crippen LogP contribution in [0.2, 0.25) is 5.02 Å². The first-order chi connectivity index (χ1) is 8.70. The van der Waals surface area contributed by atoms with E-state index in [-0.39, 0.29) is 0 Å². The highest BCUT2D eigenvalue weighted by Crippen LogP contribution is 2.34. The minimum absolute atomic E-state index is 0.318. The maximum atomic E-state index is 6.33. The van der Waals surface area contributed by atoms with Crippen molar-refractivity contribution in [1.29, 1.82) is 0 Å². The molecule has 0 spiro atoms. The predicted molar refractivity (Wildman–Crippen MR) is 79.5 cm³/mol. The van der Waals surface area contributed by atoms with Gasteiger partial charge in [-0.15, -0.1) is 0 Å². The van der Waals surface area contributed by atoms with Gasteiger partial charge in [0.25, 0.3) is 0 Å². The fourth-order valence-corrected chi connectivity index (χ4v) is 2.80. The summed E-state index contributed by atoms with van der Waals surface area (Å²) in [7, 11) is 1.95. The molecule has 0 fully saturated rings. The van der Waals surface area contributed by atoms with Gasteiger partial charge < -0.3 is 5.32 Å². The van der Waals surface area contributed by atoms with Crippen LogP contribution in [-0.4, -0.2) is 7.05 Å². The van der Waals surface area contributed by atoms with Gasteiger partial charge in [-0.1, -0.05) is 47.6 Å². The molecule has 1 nitrogen and oxygen atoms in total. The zero-order valence-corrected chi connectivity index (χ0v) is 12.1. The van der Waals surface area contributed by atoms with E-state index in [1.807, 2.05) is 31.3 Å². The molecule has 0 amide bonds. The molecule has 18 heavy (non-hydrogen) atoms. The molecule has 0 aromatic heterocycles. The third-order valence-electron chi connectivity index (χ3n) is 2.86. The molecule has 0 bridgehead atoms. The van der Waals surface area contributed by atoms with E-state index in [2.05, 4.69) is 36.5 Å². The summed E-state index contributed by atoms with van der Waals surface area (Å²) in [5.41, 5.74) is 1.21. The summed E-state index contributed by atoms with van der Waals surface area (Å²) in [6, 6.07) is 16.8. The van der Waals surface area contributed by atoms with E-state index in [9.17, 15) is 0 Å². The lowest BCUT2D eigenvalue weighted by Crippen LogP contribution is -2.12. The summed E-state index contributed by atoms with van der Waals surface area (Å²) < 4.78 is 0. The molecule has 0 saturated carbocycles. The highest BCUT2D eigenvalue weighted by Gasteiger charge is 2.07. The standard InChI is InChI=1S/C15H16ClNS/c1-11(17-2)12-8-9-15(14(16)10-12)18-13-6-4-3-5-7-13/h3-11,17H,1-2H3. The van der Waals surface area contributed by atoms with Crippen molar-refractivity contribution in [1.82, 2.24) is 5.32 Å². The van der Waals surface area contributed by atoms with Crippen molar-refractivity contribution in [2.24, 2.45) is 0 Å². The monoisotopic (exact) mass is 277 g/mol. The lowest BCUT2D eigenvalue weighted by Gasteiger charge is -2.12. The predicted octanol–water partition coefficient (Wildman–Crippen LogP) is 4.77. The molecule has 1 unspecified atom stereocenters. The van der Waals surface area contributed by atoms with Gasteiger partial charge in [-0.25, -0.2) is 0 Å². The molecule has 94 valence electrons. The molecule has 0 heterocycles. The minimum atomic E-state index is 0.318. The SMILES string of the molecule is CNC(C)c1ccc(Sc2ccccc2)c(Cl)c1. The first-order valence-electron chi connectivity index (χ1n) is 5.90. The van der Waals surface area contributed by atoms with E-state index < -0.39 is 0 Å². The summed E-state index contributed by atoms with van der Waals surface area (Å²) in [4.78, 5) is 2.30. The molecule has 1 N–H and O–H groups in total. The largest absolute Gasteiger partial charge is 0.313 e. The Morgan fingerprint density at radius 3 is 2.44 bits per heavy atom. The van der Waals surface area contributed by atoms with E-state index in [1.54, 1.807) is 11.8 Å². The second kappa shape index (κ2) is 6.28. The molecular formula is C15H16ClNS. The molecule has 2 rings (SSSR count). The van der Waals surface area contributed by atoms with Crippen LogP contribution in [0.4, 0.5) is 0 Å². The molecule has 3 heteroatoms. The van der Waals surface area contributed by atoms with Gasteiger partial charge in [-0.05, 0) is 43.8 Å². The van der Waals surface area contributed by atoms with Crippen molar-refractivity contribution in [2.45, 2.75) is 22.8 Å². The maximum Gasteiger partial charge on any atom is 0.0548 e. The second-order valence-corrected chi connectivity index (χ2v) is 5.64. The Hall–Kier alpha value is -0.960. The summed E-state index contributed by atoms with van der Waals surface area (Å²) in [6.45, 7) is 2.12. The van der Waals surface area contributed by atoms with Crippen molar-refractivity contribution in [3.05, 3.63) is 59.1 Å². The molecular weight excluding hydrogens is 262 g/mol. The van der Waals surface area contributed by atoms with Crippen LogP contribution in [0.1, 0.15) is 18.5 Å². The van der Waals surface area contributed by atoms with Crippen molar-refractivity contribution >= 4 is 23.4 Å². The average Bonchev–Trinajstić information content (AvgIpc) is 2.41. The highest BCUT2D eigenvalue weighted by atomic mass is 35.5. The van der Waals surface area contributed by atoms with Crippen LogP contribution in [0.5, 0.6) is 0 Å². The van der Waals surface area contributed by atoms with Crippen LogP contribution >= 0.6 is 23.4 Å². The van der Waals surface area contributed by atoms with Crippen molar-refractivity contribution in [3.8, 4) is 0 Å². The van der Waals surface area contributed by atoms with Gasteiger partial charge in [0.2, 0.25) is 0 Å². The Kier molecular flexibility index (Phi) is 4.70. The average molecular weight is 278 g/mol. The number of hydrogen-bond acceptors (Lipinski definition) is 2. The lowest BCUT2D eigenvalue weighted by molar-refractivity contribution is 0.652. The first kappa shape index (κ1) is 13.5. The normalized spacial score (nSPS) is 12.4. The Labute approximate surface area is 118 Å². The van der Waals surface area contributed by atoms with E-state index >= 15 is 0 Å². The Morgan fingerprint density at radius 1 is 1.11 bits per heavy atom. The molecule has 0 saturated heterocycles. The third-order valence-corrected chi connectivity index (χ3v) is 4.37. The second-order valence-electron chi connectivity index (χ2n) is 4.12. The zero-order valence-electron chi connectivity index (χ0n) is 10.5. The molecule has 2 aromatic carbocycles.